The topological polar surface area (TPSA) is 0 Å². The molecule has 0 heterocycles. The molecule has 0 rings (SSSR count). The van der Waals surface area contributed by atoms with E-state index in [2.05, 4.69) is 25.5 Å². The van der Waals surface area contributed by atoms with Gasteiger partial charge in [-0.25, -0.2) is 0 Å². The third-order valence-corrected chi connectivity index (χ3v) is 0. The van der Waals surface area contributed by atoms with Crippen LogP contribution in [0.5, 0.6) is 0 Å². The van der Waals surface area contributed by atoms with Crippen LogP contribution in [0.15, 0.2) is 0 Å². The van der Waals surface area contributed by atoms with Crippen molar-refractivity contribution < 1.29 is 25.5 Å². The van der Waals surface area contributed by atoms with Crippen LogP contribution in [0.4, 0.5) is 0 Å². The second kappa shape index (κ2) is 17.8. The molecular formula is Cu2I2. The van der Waals surface area contributed by atoms with Crippen molar-refractivity contribution in [2.24, 2.45) is 0 Å². The molecule has 0 bridgehead atoms. The van der Waals surface area contributed by atoms with Crippen molar-refractivity contribution >= 4 is 40.7 Å². The van der Waals surface area contributed by atoms with Crippen LogP contribution in [0, 0.1) is 0 Å². The van der Waals surface area contributed by atoms with E-state index in [0.717, 1.165) is 0 Å². The molecule has 36 valence electrons. The Morgan fingerprint density at radius 3 is 0.750 bits per heavy atom. The van der Waals surface area contributed by atoms with Gasteiger partial charge in [0, 0.05) is 0 Å². The third-order valence-electron chi connectivity index (χ3n) is 0. The Bertz CT molecular complexity index is 4.00. The third kappa shape index (κ3) is 8.82. The van der Waals surface area contributed by atoms with Crippen LogP contribution < -0.4 is 0 Å². The fraction of sp³-hybridized carbons (Fsp3) is 0. The predicted molar refractivity (Wildman–Crippen MR) is 28.0 cm³/mol. The first-order valence-corrected chi connectivity index (χ1v) is 6.30. The summed E-state index contributed by atoms with van der Waals surface area (Å²) in [5.74, 6) is 0. The summed E-state index contributed by atoms with van der Waals surface area (Å²) in [7, 11) is 0. The molecule has 0 aliphatic rings. The fourth-order valence-electron chi connectivity index (χ4n) is 0. The monoisotopic (exact) mass is 380 g/mol. The summed E-state index contributed by atoms with van der Waals surface area (Å²) in [6.45, 7) is 0. The Hall–Kier alpha value is 2.50. The average Bonchev–Trinajstić information content (AvgIpc) is 1.50. The van der Waals surface area contributed by atoms with E-state index in [1.807, 2.05) is 0 Å². The first-order chi connectivity index (χ1) is 2.00. The van der Waals surface area contributed by atoms with Gasteiger partial charge in [0.05, 0.1) is 0 Å². The fourth-order valence-corrected chi connectivity index (χ4v) is 0. The van der Waals surface area contributed by atoms with Crippen LogP contribution in [0.2, 0.25) is 0 Å². The van der Waals surface area contributed by atoms with E-state index in [1.54, 1.807) is 40.7 Å². The van der Waals surface area contributed by atoms with Crippen molar-refractivity contribution in [2.45, 2.75) is 0 Å². The molecule has 0 spiro atoms. The van der Waals surface area contributed by atoms with Crippen molar-refractivity contribution in [2.75, 3.05) is 0 Å². The van der Waals surface area contributed by atoms with Gasteiger partial charge in [-0.15, -0.1) is 0 Å². The Morgan fingerprint density at radius 2 is 0.750 bits per heavy atom. The Kier molecular flexibility index (Phi) is 43.3. The van der Waals surface area contributed by atoms with Crippen LogP contribution in [0.3, 0.4) is 0 Å². The summed E-state index contributed by atoms with van der Waals surface area (Å²) in [5.41, 5.74) is 0. The van der Waals surface area contributed by atoms with Crippen molar-refractivity contribution in [3.05, 3.63) is 0 Å². The Morgan fingerprint density at radius 1 is 0.750 bits per heavy atom. The average molecular weight is 381 g/mol. The van der Waals surface area contributed by atoms with Gasteiger partial charge in [0.2, 0.25) is 0 Å². The van der Waals surface area contributed by atoms with Crippen LogP contribution in [-0.2, 0) is 25.5 Å². The molecule has 0 aliphatic carbocycles. The van der Waals surface area contributed by atoms with Crippen LogP contribution in [0.25, 0.3) is 0 Å². The molecule has 0 unspecified atom stereocenters. The van der Waals surface area contributed by atoms with Gasteiger partial charge in [0.25, 0.3) is 0 Å². The number of hydrogen-bond donors (Lipinski definition) is 0. The van der Waals surface area contributed by atoms with Crippen LogP contribution in [0.1, 0.15) is 0 Å². The zero-order valence-electron chi connectivity index (χ0n) is 1.36. The molecule has 4 heavy (non-hydrogen) atoms. The van der Waals surface area contributed by atoms with Crippen LogP contribution >= 0.6 is 40.7 Å². The van der Waals surface area contributed by atoms with E-state index in [9.17, 15) is 0 Å². The summed E-state index contributed by atoms with van der Waals surface area (Å²) in [6, 6.07) is 0. The SMILES string of the molecule is [Cu][I].[Cu][I]. The van der Waals surface area contributed by atoms with Crippen molar-refractivity contribution in [3.8, 4) is 0 Å². The van der Waals surface area contributed by atoms with Crippen molar-refractivity contribution in [3.63, 3.8) is 0 Å². The standard InChI is InChI=1S/2Cu.2HI/h;;2*1H/q2*+1;;/p-2. The summed E-state index contributed by atoms with van der Waals surface area (Å²) >= 11 is 11.7. The Balaban J connectivity index is 0. The molecular weight excluding hydrogens is 381 g/mol. The summed E-state index contributed by atoms with van der Waals surface area (Å²) < 4.78 is 0. The molecule has 0 saturated heterocycles. The van der Waals surface area contributed by atoms with Crippen LogP contribution in [-0.4, -0.2) is 0 Å². The van der Waals surface area contributed by atoms with E-state index >= 15 is 0 Å². The Labute approximate surface area is 65.0 Å². The van der Waals surface area contributed by atoms with E-state index < -0.39 is 0 Å². The van der Waals surface area contributed by atoms with E-state index in [0.29, 0.717) is 0 Å². The van der Waals surface area contributed by atoms with Gasteiger partial charge in [-0.3, -0.25) is 0 Å². The molecule has 0 fully saturated rings. The van der Waals surface area contributed by atoms with Gasteiger partial charge in [-0.1, -0.05) is 0 Å². The molecule has 0 aliphatic heterocycles. The van der Waals surface area contributed by atoms with Crippen molar-refractivity contribution in [1.29, 1.82) is 0 Å². The molecule has 0 aromatic rings. The molecule has 0 N–H and O–H groups in total. The maximum absolute atomic E-state index is 4.16. The first kappa shape index (κ1) is 9.71. The molecule has 0 amide bonds. The minimum atomic E-state index is 1.71. The minimum absolute atomic E-state index is 1.71. The number of hydrogen-bond acceptors (Lipinski definition) is 0. The van der Waals surface area contributed by atoms with Gasteiger partial charge in [0.15, 0.2) is 0 Å². The summed E-state index contributed by atoms with van der Waals surface area (Å²) in [4.78, 5) is 0. The van der Waals surface area contributed by atoms with Gasteiger partial charge < -0.3 is 0 Å². The first-order valence-electron chi connectivity index (χ1n) is 0.228. The normalized spacial score (nSPS) is 3.50. The number of rotatable bonds is 0. The second-order valence-electron chi connectivity index (χ2n) is 0. The molecule has 0 saturated carbocycles. The van der Waals surface area contributed by atoms with Crippen molar-refractivity contribution in [1.82, 2.24) is 0 Å². The van der Waals surface area contributed by atoms with E-state index in [4.69, 9.17) is 0 Å². The summed E-state index contributed by atoms with van der Waals surface area (Å²) in [6.07, 6.45) is 0. The maximum atomic E-state index is 4.16. The van der Waals surface area contributed by atoms with Gasteiger partial charge in [0.1, 0.15) is 0 Å². The van der Waals surface area contributed by atoms with Gasteiger partial charge in [-0.05, 0) is 0 Å². The zero-order valence-corrected chi connectivity index (χ0v) is 7.56. The van der Waals surface area contributed by atoms with Gasteiger partial charge >= 0.3 is 66.2 Å². The molecule has 0 radical (unpaired) electrons. The molecule has 0 aromatic heterocycles. The quantitative estimate of drug-likeness (QED) is 0.444. The number of halogens is 2. The molecule has 4 heteroatoms. The predicted octanol–water partition coefficient (Wildman–Crippen LogP) is 1.77. The van der Waals surface area contributed by atoms with Gasteiger partial charge in [-0.2, -0.15) is 0 Å². The zero-order chi connectivity index (χ0) is 4.00. The molecule has 0 aromatic carbocycles. The summed E-state index contributed by atoms with van der Waals surface area (Å²) in [5, 5.41) is 0. The second-order valence-corrected chi connectivity index (χ2v) is 0. The van der Waals surface area contributed by atoms with E-state index in [-0.39, 0.29) is 0 Å². The molecule has 0 atom stereocenters. The molecule has 0 nitrogen and oxygen atoms in total. The van der Waals surface area contributed by atoms with E-state index in [1.165, 1.54) is 0 Å².